The Labute approximate surface area is 126 Å². The summed E-state index contributed by atoms with van der Waals surface area (Å²) >= 11 is 0. The van der Waals surface area contributed by atoms with Crippen molar-refractivity contribution in [1.29, 1.82) is 0 Å². The summed E-state index contributed by atoms with van der Waals surface area (Å²) < 4.78 is 30.2. The van der Waals surface area contributed by atoms with E-state index in [0.717, 1.165) is 12.8 Å². The normalized spacial score (nSPS) is 18.4. The Morgan fingerprint density at radius 2 is 1.95 bits per heavy atom. The number of hydrogen-bond acceptors (Lipinski definition) is 5. The van der Waals surface area contributed by atoms with Crippen molar-refractivity contribution in [3.63, 3.8) is 0 Å². The molecule has 1 aliphatic heterocycles. The highest BCUT2D eigenvalue weighted by Gasteiger charge is 2.32. The zero-order valence-electron chi connectivity index (χ0n) is 12.5. The topological polar surface area (TPSA) is 81.4 Å². The fourth-order valence-corrected chi connectivity index (χ4v) is 4.15. The van der Waals surface area contributed by atoms with E-state index in [0.29, 0.717) is 36.8 Å². The van der Waals surface area contributed by atoms with E-state index in [1.54, 1.807) is 12.1 Å². The lowest BCUT2D eigenvalue weighted by Gasteiger charge is -2.38. The Hall–Kier alpha value is -1.11. The van der Waals surface area contributed by atoms with Gasteiger partial charge in [-0.15, -0.1) is 0 Å². The van der Waals surface area contributed by atoms with Crippen LogP contribution in [-0.4, -0.2) is 39.5 Å². The number of nitrogens with one attached hydrogen (secondary N) is 1. The molecular weight excluding hydrogens is 288 g/mol. The molecule has 6 heteroatoms. The van der Waals surface area contributed by atoms with Gasteiger partial charge in [-0.2, -0.15) is 0 Å². The molecular formula is C15H24N2O3S. The Balaban J connectivity index is 2.32. The van der Waals surface area contributed by atoms with Crippen LogP contribution < -0.4 is 11.1 Å². The number of nitrogens with two attached hydrogens (primary N) is 1. The predicted molar refractivity (Wildman–Crippen MR) is 84.2 cm³/mol. The van der Waals surface area contributed by atoms with Gasteiger partial charge in [0.05, 0.1) is 21.9 Å². The van der Waals surface area contributed by atoms with Gasteiger partial charge in [-0.3, -0.25) is 0 Å². The second-order valence-corrected chi connectivity index (χ2v) is 7.61. The van der Waals surface area contributed by atoms with E-state index in [1.807, 2.05) is 19.1 Å². The molecule has 0 aromatic heterocycles. The Morgan fingerprint density at radius 1 is 1.29 bits per heavy atom. The van der Waals surface area contributed by atoms with E-state index in [-0.39, 0.29) is 11.3 Å². The summed E-state index contributed by atoms with van der Waals surface area (Å²) in [5, 5.41) is 3.39. The number of benzene rings is 1. The predicted octanol–water partition coefficient (Wildman–Crippen LogP) is 1.79. The van der Waals surface area contributed by atoms with Crippen LogP contribution in [-0.2, 0) is 14.6 Å². The second-order valence-electron chi connectivity index (χ2n) is 5.54. The molecule has 1 heterocycles. The smallest absolute Gasteiger partial charge is 0.180 e. The Morgan fingerprint density at radius 3 is 2.57 bits per heavy atom. The first-order valence-electron chi connectivity index (χ1n) is 7.41. The molecule has 1 aromatic carbocycles. The quantitative estimate of drug-likeness (QED) is 0.837. The fourth-order valence-electron chi connectivity index (χ4n) is 2.65. The van der Waals surface area contributed by atoms with Gasteiger partial charge in [0, 0.05) is 19.8 Å². The number of sulfone groups is 1. The van der Waals surface area contributed by atoms with Gasteiger partial charge >= 0.3 is 0 Å². The fraction of sp³-hybridized carbons (Fsp3) is 0.600. The first-order valence-corrected chi connectivity index (χ1v) is 9.06. The van der Waals surface area contributed by atoms with E-state index >= 15 is 0 Å². The maximum Gasteiger partial charge on any atom is 0.180 e. The van der Waals surface area contributed by atoms with Crippen LogP contribution in [0, 0.1) is 0 Å². The van der Waals surface area contributed by atoms with Crippen molar-refractivity contribution in [1.82, 2.24) is 0 Å². The molecule has 0 aliphatic carbocycles. The van der Waals surface area contributed by atoms with Crippen LogP contribution in [0.2, 0.25) is 0 Å². The van der Waals surface area contributed by atoms with Gasteiger partial charge in [0.1, 0.15) is 0 Å². The molecule has 1 aromatic rings. The van der Waals surface area contributed by atoms with Gasteiger partial charge in [0.25, 0.3) is 0 Å². The highest BCUT2D eigenvalue weighted by molar-refractivity contribution is 7.91. The number of anilines is 1. The highest BCUT2D eigenvalue weighted by atomic mass is 32.2. The van der Waals surface area contributed by atoms with Crippen LogP contribution in [0.4, 0.5) is 5.69 Å². The molecule has 0 amide bonds. The Bertz CT molecular complexity index is 566. The molecule has 5 nitrogen and oxygen atoms in total. The van der Waals surface area contributed by atoms with Gasteiger partial charge in [-0.25, -0.2) is 8.42 Å². The lowest BCUT2D eigenvalue weighted by Crippen LogP contribution is -2.49. The minimum Gasteiger partial charge on any atom is -0.381 e. The lowest BCUT2D eigenvalue weighted by atomic mass is 9.90. The second kappa shape index (κ2) is 6.77. The molecule has 0 spiro atoms. The van der Waals surface area contributed by atoms with E-state index in [2.05, 4.69) is 5.32 Å². The van der Waals surface area contributed by atoms with Crippen molar-refractivity contribution in [2.24, 2.45) is 5.73 Å². The molecule has 118 valence electrons. The van der Waals surface area contributed by atoms with Crippen molar-refractivity contribution >= 4 is 15.5 Å². The van der Waals surface area contributed by atoms with Crippen LogP contribution in [0.15, 0.2) is 29.2 Å². The van der Waals surface area contributed by atoms with Crippen LogP contribution in [0.3, 0.4) is 0 Å². The summed E-state index contributed by atoms with van der Waals surface area (Å²) in [5.74, 6) is 0.157. The number of ether oxygens (including phenoxy) is 1. The first-order chi connectivity index (χ1) is 10.0. The molecule has 1 fully saturated rings. The maximum atomic E-state index is 12.4. The van der Waals surface area contributed by atoms with Crippen molar-refractivity contribution < 1.29 is 13.2 Å². The summed E-state index contributed by atoms with van der Waals surface area (Å²) in [6.45, 7) is 3.62. The molecule has 0 unspecified atom stereocenters. The van der Waals surface area contributed by atoms with Crippen LogP contribution in [0.25, 0.3) is 0 Å². The van der Waals surface area contributed by atoms with Crippen molar-refractivity contribution in [2.75, 3.05) is 30.8 Å². The maximum absolute atomic E-state index is 12.4. The van der Waals surface area contributed by atoms with Gasteiger partial charge < -0.3 is 15.8 Å². The van der Waals surface area contributed by atoms with Gasteiger partial charge in [-0.05, 0) is 31.4 Å². The van der Waals surface area contributed by atoms with Crippen LogP contribution >= 0.6 is 0 Å². The minimum atomic E-state index is -3.26. The minimum absolute atomic E-state index is 0.157. The monoisotopic (exact) mass is 312 g/mol. The summed E-state index contributed by atoms with van der Waals surface area (Å²) in [6, 6.07) is 7.08. The van der Waals surface area contributed by atoms with E-state index < -0.39 is 9.84 Å². The molecule has 0 atom stereocenters. The number of para-hydroxylation sites is 1. The molecule has 21 heavy (non-hydrogen) atoms. The zero-order chi connectivity index (χ0) is 15.3. The van der Waals surface area contributed by atoms with Gasteiger partial charge in [0.15, 0.2) is 9.84 Å². The van der Waals surface area contributed by atoms with E-state index in [9.17, 15) is 8.42 Å². The molecule has 1 aliphatic rings. The van der Waals surface area contributed by atoms with Crippen LogP contribution in [0.1, 0.15) is 26.2 Å². The van der Waals surface area contributed by atoms with Gasteiger partial charge in [0.2, 0.25) is 0 Å². The zero-order valence-corrected chi connectivity index (χ0v) is 13.3. The standard InChI is InChI=1S/C15H24N2O3S/c1-2-11-21(18,19)14-6-4-3-5-13(14)17-15(12-16)7-9-20-10-8-15/h3-6,17H,2,7-12,16H2,1H3. The number of rotatable bonds is 6. The molecule has 0 radical (unpaired) electrons. The van der Waals surface area contributed by atoms with Crippen molar-refractivity contribution in [3.05, 3.63) is 24.3 Å². The third kappa shape index (κ3) is 3.75. The Kier molecular flexibility index (Phi) is 5.24. The number of hydrogen-bond donors (Lipinski definition) is 2. The molecule has 1 saturated heterocycles. The third-order valence-corrected chi connectivity index (χ3v) is 5.91. The largest absolute Gasteiger partial charge is 0.381 e. The van der Waals surface area contributed by atoms with E-state index in [1.165, 1.54) is 0 Å². The third-order valence-electron chi connectivity index (χ3n) is 3.94. The molecule has 2 rings (SSSR count). The van der Waals surface area contributed by atoms with Crippen molar-refractivity contribution in [3.8, 4) is 0 Å². The lowest BCUT2D eigenvalue weighted by molar-refractivity contribution is 0.0627. The summed E-state index contributed by atoms with van der Waals surface area (Å²) in [6.07, 6.45) is 2.17. The molecule has 3 N–H and O–H groups in total. The highest BCUT2D eigenvalue weighted by Crippen LogP contribution is 2.30. The molecule has 0 saturated carbocycles. The summed E-state index contributed by atoms with van der Waals surface area (Å²) in [5.41, 5.74) is 6.31. The summed E-state index contributed by atoms with van der Waals surface area (Å²) in [7, 11) is -3.26. The van der Waals surface area contributed by atoms with Crippen molar-refractivity contribution in [2.45, 2.75) is 36.6 Å². The first kappa shape index (κ1) is 16.3. The molecule has 0 bridgehead atoms. The van der Waals surface area contributed by atoms with Crippen LogP contribution in [0.5, 0.6) is 0 Å². The SMILES string of the molecule is CCCS(=O)(=O)c1ccccc1NC1(CN)CCOCC1. The van der Waals surface area contributed by atoms with Gasteiger partial charge in [-0.1, -0.05) is 19.1 Å². The average molecular weight is 312 g/mol. The summed E-state index contributed by atoms with van der Waals surface area (Å²) in [4.78, 5) is 0.367. The van der Waals surface area contributed by atoms with E-state index in [4.69, 9.17) is 10.5 Å². The average Bonchev–Trinajstić information content (AvgIpc) is 2.48.